The maximum atomic E-state index is 13.0. The molecule has 1 aromatic carbocycles. The predicted molar refractivity (Wildman–Crippen MR) is 123 cm³/mol. The average molecular weight is 511 g/mol. The smallest absolute Gasteiger partial charge is 0.326 e. The number of carboxylic acid groups (broad SMARTS) is 3. The van der Waals surface area contributed by atoms with E-state index < -0.39 is 78.6 Å². The fourth-order valence-electron chi connectivity index (χ4n) is 3.06. The lowest BCUT2D eigenvalue weighted by molar-refractivity contribution is -0.144. The van der Waals surface area contributed by atoms with Crippen molar-refractivity contribution in [3.63, 3.8) is 0 Å². The van der Waals surface area contributed by atoms with Crippen molar-refractivity contribution >= 4 is 35.6 Å². The van der Waals surface area contributed by atoms with Gasteiger partial charge in [-0.05, 0) is 23.6 Å². The van der Waals surface area contributed by atoms with E-state index in [0.717, 1.165) is 0 Å². The molecule has 0 saturated heterocycles. The molecule has 0 bridgehead atoms. The molecule has 9 N–H and O–H groups in total. The molecule has 0 saturated carbocycles. The third kappa shape index (κ3) is 9.97. The van der Waals surface area contributed by atoms with Crippen LogP contribution in [0.25, 0.3) is 0 Å². The van der Waals surface area contributed by atoms with Crippen molar-refractivity contribution in [2.75, 3.05) is 0 Å². The minimum Gasteiger partial charge on any atom is -0.508 e. The molecule has 4 unspecified atom stereocenters. The van der Waals surface area contributed by atoms with Crippen LogP contribution in [0.4, 0.5) is 0 Å². The third-order valence-electron chi connectivity index (χ3n) is 4.98. The molecule has 0 aliphatic rings. The summed E-state index contributed by atoms with van der Waals surface area (Å²) in [5.74, 6) is -7.85. The van der Waals surface area contributed by atoms with Crippen molar-refractivity contribution in [1.82, 2.24) is 16.0 Å². The first-order valence-electron chi connectivity index (χ1n) is 10.8. The Hall–Kier alpha value is -4.20. The number of rotatable bonds is 14. The highest BCUT2D eigenvalue weighted by atomic mass is 16.4. The Kier molecular flexibility index (Phi) is 11.3. The Bertz CT molecular complexity index is 980. The van der Waals surface area contributed by atoms with Crippen LogP contribution in [0, 0.1) is 5.92 Å². The number of aromatic hydroxyl groups is 1. The molecule has 36 heavy (non-hydrogen) atoms. The molecule has 0 fully saturated rings. The quantitative estimate of drug-likeness (QED) is 0.142. The summed E-state index contributed by atoms with van der Waals surface area (Å²) < 4.78 is 0. The Balaban J connectivity index is 3.16. The molecule has 14 heteroatoms. The fourth-order valence-corrected chi connectivity index (χ4v) is 3.06. The SMILES string of the molecule is CC(C)C(NC(=O)C(CC(=O)O)NC(=O)C(Cc1ccc(O)cc1)NC(=O)C(N)CC(=O)O)C(=O)O. The number of hydrogen-bond acceptors (Lipinski definition) is 8. The molecule has 0 aliphatic carbocycles. The largest absolute Gasteiger partial charge is 0.508 e. The number of carbonyl (C=O) groups excluding carboxylic acids is 3. The van der Waals surface area contributed by atoms with Gasteiger partial charge in [-0.2, -0.15) is 0 Å². The molecule has 0 heterocycles. The van der Waals surface area contributed by atoms with Crippen LogP contribution in [0.3, 0.4) is 0 Å². The molecule has 1 rings (SSSR count). The molecular weight excluding hydrogens is 480 g/mol. The lowest BCUT2D eigenvalue weighted by atomic mass is 10.0. The van der Waals surface area contributed by atoms with E-state index in [1.54, 1.807) is 0 Å². The number of aliphatic carboxylic acids is 3. The standard InChI is InChI=1S/C22H30N4O10/c1-10(2)18(22(35)36)26-21(34)15(9-17(30)31)25-20(33)14(7-11-3-5-12(27)6-4-11)24-19(32)13(23)8-16(28)29/h3-6,10,13-15,18,27H,7-9,23H2,1-2H3,(H,24,32)(H,25,33)(H,26,34)(H,28,29)(H,30,31)(H,35,36). The van der Waals surface area contributed by atoms with Gasteiger partial charge in [0, 0.05) is 6.42 Å². The van der Waals surface area contributed by atoms with Crippen molar-refractivity contribution < 1.29 is 49.2 Å². The van der Waals surface area contributed by atoms with Crippen LogP contribution in [-0.2, 0) is 35.2 Å². The van der Waals surface area contributed by atoms with Crippen molar-refractivity contribution in [2.24, 2.45) is 11.7 Å². The molecule has 0 spiro atoms. The first-order chi connectivity index (χ1) is 16.7. The molecule has 1 aromatic rings. The van der Waals surface area contributed by atoms with Crippen LogP contribution < -0.4 is 21.7 Å². The number of nitrogens with one attached hydrogen (secondary N) is 3. The van der Waals surface area contributed by atoms with E-state index in [9.17, 15) is 44.1 Å². The number of amides is 3. The van der Waals surface area contributed by atoms with Gasteiger partial charge in [0.2, 0.25) is 17.7 Å². The lowest BCUT2D eigenvalue weighted by Crippen LogP contribution is -2.58. The normalized spacial score (nSPS) is 14.1. The highest BCUT2D eigenvalue weighted by Gasteiger charge is 2.32. The number of phenols is 1. The summed E-state index contributed by atoms with van der Waals surface area (Å²) in [5.41, 5.74) is 6.00. The van der Waals surface area contributed by atoms with E-state index in [1.165, 1.54) is 38.1 Å². The number of benzene rings is 1. The van der Waals surface area contributed by atoms with E-state index in [-0.39, 0.29) is 12.2 Å². The van der Waals surface area contributed by atoms with Crippen molar-refractivity contribution in [2.45, 2.75) is 57.3 Å². The molecule has 0 radical (unpaired) electrons. The van der Waals surface area contributed by atoms with Gasteiger partial charge in [0.05, 0.1) is 18.9 Å². The summed E-state index contributed by atoms with van der Waals surface area (Å²) in [6.07, 6.45) is -1.81. The Morgan fingerprint density at radius 1 is 0.778 bits per heavy atom. The summed E-state index contributed by atoms with van der Waals surface area (Å²) in [7, 11) is 0. The lowest BCUT2D eigenvalue weighted by Gasteiger charge is -2.25. The van der Waals surface area contributed by atoms with Gasteiger partial charge >= 0.3 is 17.9 Å². The van der Waals surface area contributed by atoms with Crippen molar-refractivity contribution in [1.29, 1.82) is 0 Å². The summed E-state index contributed by atoms with van der Waals surface area (Å²) in [5, 5.41) is 43.4. The number of carbonyl (C=O) groups is 6. The number of carboxylic acids is 3. The summed E-state index contributed by atoms with van der Waals surface area (Å²) >= 11 is 0. The predicted octanol–water partition coefficient (Wildman–Crippen LogP) is -1.59. The number of hydrogen-bond donors (Lipinski definition) is 8. The molecule has 0 aliphatic heterocycles. The zero-order valence-electron chi connectivity index (χ0n) is 19.6. The second kappa shape index (κ2) is 13.6. The first-order valence-corrected chi connectivity index (χ1v) is 10.8. The summed E-state index contributed by atoms with van der Waals surface area (Å²) in [6.45, 7) is 3.04. The van der Waals surface area contributed by atoms with E-state index in [0.29, 0.717) is 5.56 Å². The molecule has 3 amide bonds. The molecule has 0 aromatic heterocycles. The van der Waals surface area contributed by atoms with Gasteiger partial charge in [-0.25, -0.2) is 4.79 Å². The van der Waals surface area contributed by atoms with Crippen LogP contribution in [0.1, 0.15) is 32.3 Å². The monoisotopic (exact) mass is 510 g/mol. The maximum Gasteiger partial charge on any atom is 0.326 e. The third-order valence-corrected chi connectivity index (χ3v) is 4.98. The fraction of sp³-hybridized carbons (Fsp3) is 0.455. The van der Waals surface area contributed by atoms with Crippen LogP contribution >= 0.6 is 0 Å². The van der Waals surface area contributed by atoms with Crippen LogP contribution in [0.5, 0.6) is 5.75 Å². The molecular formula is C22H30N4O10. The molecule has 4 atom stereocenters. The van der Waals surface area contributed by atoms with Gasteiger partial charge in [0.15, 0.2) is 0 Å². The van der Waals surface area contributed by atoms with Crippen LogP contribution in [-0.4, -0.2) is 80.2 Å². The topological polar surface area (TPSA) is 245 Å². The maximum absolute atomic E-state index is 13.0. The summed E-state index contributed by atoms with van der Waals surface area (Å²) in [4.78, 5) is 71.6. The highest BCUT2D eigenvalue weighted by molar-refractivity contribution is 5.96. The van der Waals surface area contributed by atoms with Gasteiger partial charge in [-0.1, -0.05) is 26.0 Å². The van der Waals surface area contributed by atoms with Crippen LogP contribution in [0.15, 0.2) is 24.3 Å². The highest BCUT2D eigenvalue weighted by Crippen LogP contribution is 2.12. The Labute approximate surface area is 205 Å². The van der Waals surface area contributed by atoms with Gasteiger partial charge in [0.1, 0.15) is 23.9 Å². The number of nitrogens with two attached hydrogens (primary N) is 1. The van der Waals surface area contributed by atoms with Gasteiger partial charge < -0.3 is 42.1 Å². The van der Waals surface area contributed by atoms with E-state index in [4.69, 9.17) is 10.8 Å². The van der Waals surface area contributed by atoms with Crippen molar-refractivity contribution in [3.05, 3.63) is 29.8 Å². The Morgan fingerprint density at radius 3 is 1.75 bits per heavy atom. The first kappa shape index (κ1) is 29.8. The zero-order valence-corrected chi connectivity index (χ0v) is 19.6. The Morgan fingerprint density at radius 2 is 1.28 bits per heavy atom. The molecule has 198 valence electrons. The van der Waals surface area contributed by atoms with E-state index in [2.05, 4.69) is 16.0 Å². The minimum absolute atomic E-state index is 0.0661. The van der Waals surface area contributed by atoms with Gasteiger partial charge in [-0.15, -0.1) is 0 Å². The van der Waals surface area contributed by atoms with Crippen molar-refractivity contribution in [3.8, 4) is 5.75 Å². The second-order valence-corrected chi connectivity index (χ2v) is 8.36. The zero-order chi connectivity index (χ0) is 27.6. The van der Waals surface area contributed by atoms with Crippen LogP contribution in [0.2, 0.25) is 0 Å². The average Bonchev–Trinajstić information content (AvgIpc) is 2.76. The van der Waals surface area contributed by atoms with Gasteiger partial charge in [0.25, 0.3) is 0 Å². The van der Waals surface area contributed by atoms with E-state index in [1.807, 2.05) is 0 Å². The van der Waals surface area contributed by atoms with Gasteiger partial charge in [-0.3, -0.25) is 24.0 Å². The minimum atomic E-state index is -1.69. The summed E-state index contributed by atoms with van der Waals surface area (Å²) in [6, 6.07) is -0.442. The number of phenolic OH excluding ortho intramolecular Hbond substituents is 1. The molecule has 14 nitrogen and oxygen atoms in total. The van der Waals surface area contributed by atoms with E-state index >= 15 is 0 Å². The second-order valence-electron chi connectivity index (χ2n) is 8.36.